The second kappa shape index (κ2) is 12.7. The van der Waals surface area contributed by atoms with Crippen molar-refractivity contribution in [3.63, 3.8) is 0 Å². The third-order valence-electron chi connectivity index (χ3n) is 6.24. The molecule has 40 heavy (non-hydrogen) atoms. The molecule has 11 heteroatoms. The Kier molecular flexibility index (Phi) is 8.62. The summed E-state index contributed by atoms with van der Waals surface area (Å²) in [4.78, 5) is 20.3. The van der Waals surface area contributed by atoms with Crippen LogP contribution < -0.4 is 19.8 Å². The maximum atomic E-state index is 12.8. The number of hydrogen-bond acceptors (Lipinski definition) is 9. The molecule has 0 aliphatic rings. The van der Waals surface area contributed by atoms with E-state index in [1.54, 1.807) is 26.4 Å². The Morgan fingerprint density at radius 3 is 2.42 bits per heavy atom. The van der Waals surface area contributed by atoms with Crippen molar-refractivity contribution in [3.05, 3.63) is 88.7 Å². The summed E-state index contributed by atoms with van der Waals surface area (Å²) in [6.45, 7) is 1.25. The predicted octanol–water partition coefficient (Wildman–Crippen LogP) is 4.72. The molecule has 5 aromatic rings. The molecule has 1 N–H and O–H groups in total. The standard InChI is InChI=1S/C29H29N5O5S/c1-36-14-13-34-27(17-39-23-12-8-7-11-20(23)19-9-5-4-6-10-19)32-33-29(34)40-18-26-30-22-16-25(38-3)24(37-2)15-21(22)28(35)31-26/h4-12,15-16H,13-14,17-18H2,1-3H3,(H,30,31,35). The van der Waals surface area contributed by atoms with E-state index in [-0.39, 0.29) is 12.2 Å². The molecule has 10 nitrogen and oxygen atoms in total. The van der Waals surface area contributed by atoms with Gasteiger partial charge >= 0.3 is 0 Å². The Balaban J connectivity index is 1.35. The Labute approximate surface area is 235 Å². The molecule has 0 amide bonds. The number of methoxy groups -OCH3 is 3. The van der Waals surface area contributed by atoms with Gasteiger partial charge in [0.2, 0.25) is 0 Å². The molecule has 0 aliphatic carbocycles. The zero-order valence-corrected chi connectivity index (χ0v) is 23.2. The predicted molar refractivity (Wildman–Crippen MR) is 153 cm³/mol. The van der Waals surface area contributed by atoms with E-state index in [2.05, 4.69) is 32.3 Å². The van der Waals surface area contributed by atoms with Gasteiger partial charge in [0, 0.05) is 25.3 Å². The van der Waals surface area contributed by atoms with E-state index in [9.17, 15) is 4.79 Å². The van der Waals surface area contributed by atoms with Gasteiger partial charge in [0.15, 0.2) is 22.5 Å². The van der Waals surface area contributed by atoms with Crippen molar-refractivity contribution in [1.82, 2.24) is 24.7 Å². The molecule has 0 radical (unpaired) electrons. The number of rotatable bonds is 12. The molecule has 0 atom stereocenters. The number of ether oxygens (including phenoxy) is 4. The lowest BCUT2D eigenvalue weighted by molar-refractivity contribution is 0.181. The molecule has 3 aromatic carbocycles. The zero-order valence-electron chi connectivity index (χ0n) is 22.4. The molecule has 0 spiro atoms. The lowest BCUT2D eigenvalue weighted by Gasteiger charge is -2.13. The summed E-state index contributed by atoms with van der Waals surface area (Å²) in [6, 6.07) is 21.3. The van der Waals surface area contributed by atoms with Gasteiger partial charge in [-0.2, -0.15) is 0 Å². The van der Waals surface area contributed by atoms with Crippen molar-refractivity contribution in [2.75, 3.05) is 27.9 Å². The van der Waals surface area contributed by atoms with Gasteiger partial charge in [-0.3, -0.25) is 4.79 Å². The number of para-hydroxylation sites is 1. The lowest BCUT2D eigenvalue weighted by Crippen LogP contribution is -2.13. The maximum Gasteiger partial charge on any atom is 0.258 e. The average Bonchev–Trinajstić information content (AvgIpc) is 3.39. The molecule has 0 fully saturated rings. The average molecular weight is 560 g/mol. The van der Waals surface area contributed by atoms with Crippen molar-refractivity contribution < 1.29 is 18.9 Å². The molecule has 206 valence electrons. The van der Waals surface area contributed by atoms with E-state index in [1.165, 1.54) is 18.9 Å². The normalized spacial score (nSPS) is 11.1. The van der Waals surface area contributed by atoms with Crippen LogP contribution in [0.4, 0.5) is 0 Å². The van der Waals surface area contributed by atoms with Gasteiger partial charge in [-0.25, -0.2) is 4.98 Å². The number of H-pyrrole nitrogens is 1. The van der Waals surface area contributed by atoms with Crippen LogP contribution >= 0.6 is 11.8 Å². The number of fused-ring (bicyclic) bond motifs is 1. The number of thioether (sulfide) groups is 1. The summed E-state index contributed by atoms with van der Waals surface area (Å²) in [5.74, 6) is 3.28. The zero-order chi connectivity index (χ0) is 27.9. The Hall–Kier alpha value is -4.35. The van der Waals surface area contributed by atoms with Crippen LogP contribution in [0.15, 0.2) is 76.7 Å². The van der Waals surface area contributed by atoms with Crippen molar-refractivity contribution in [2.45, 2.75) is 24.1 Å². The molecule has 0 saturated heterocycles. The number of aromatic amines is 1. The first-order valence-electron chi connectivity index (χ1n) is 12.6. The maximum absolute atomic E-state index is 12.8. The summed E-state index contributed by atoms with van der Waals surface area (Å²) in [5, 5.41) is 9.88. The van der Waals surface area contributed by atoms with Crippen molar-refractivity contribution in [1.29, 1.82) is 0 Å². The number of nitrogens with one attached hydrogen (secondary N) is 1. The molecule has 5 rings (SSSR count). The fraction of sp³-hybridized carbons (Fsp3) is 0.241. The van der Waals surface area contributed by atoms with Crippen LogP contribution in [0, 0.1) is 0 Å². The van der Waals surface area contributed by atoms with Gasteiger partial charge in [-0.15, -0.1) is 10.2 Å². The highest BCUT2D eigenvalue weighted by Crippen LogP contribution is 2.32. The fourth-order valence-corrected chi connectivity index (χ4v) is 5.10. The van der Waals surface area contributed by atoms with Crippen molar-refractivity contribution in [3.8, 4) is 28.4 Å². The summed E-state index contributed by atoms with van der Waals surface area (Å²) in [6.07, 6.45) is 0. The minimum atomic E-state index is -0.256. The molecule has 0 unspecified atom stereocenters. The first-order chi connectivity index (χ1) is 19.6. The molecular weight excluding hydrogens is 530 g/mol. The van der Waals surface area contributed by atoms with Crippen LogP contribution in [0.25, 0.3) is 22.0 Å². The van der Waals surface area contributed by atoms with E-state index in [0.717, 1.165) is 16.9 Å². The molecular formula is C29H29N5O5S. The first kappa shape index (κ1) is 27.2. The highest BCUT2D eigenvalue weighted by atomic mass is 32.2. The van der Waals surface area contributed by atoms with Gasteiger partial charge in [-0.1, -0.05) is 60.3 Å². The van der Waals surface area contributed by atoms with Gasteiger partial charge in [0.05, 0.1) is 37.5 Å². The van der Waals surface area contributed by atoms with E-state index < -0.39 is 0 Å². The van der Waals surface area contributed by atoms with Crippen molar-refractivity contribution >= 4 is 22.7 Å². The summed E-state index contributed by atoms with van der Waals surface area (Å²) < 4.78 is 24.2. The van der Waals surface area contributed by atoms with E-state index in [0.29, 0.717) is 58.1 Å². The molecule has 0 aliphatic heterocycles. The largest absolute Gasteiger partial charge is 0.493 e. The molecule has 2 aromatic heterocycles. The van der Waals surface area contributed by atoms with Crippen LogP contribution in [0.3, 0.4) is 0 Å². The van der Waals surface area contributed by atoms with Gasteiger partial charge < -0.3 is 28.5 Å². The minimum absolute atomic E-state index is 0.230. The highest BCUT2D eigenvalue weighted by Gasteiger charge is 2.16. The second-order valence-electron chi connectivity index (χ2n) is 8.72. The number of nitrogens with zero attached hydrogens (tertiary/aromatic N) is 4. The fourth-order valence-electron chi connectivity index (χ4n) is 4.25. The minimum Gasteiger partial charge on any atom is -0.493 e. The van der Waals surface area contributed by atoms with Crippen LogP contribution in [-0.4, -0.2) is 52.7 Å². The smallest absolute Gasteiger partial charge is 0.258 e. The SMILES string of the molecule is COCCn1c(COc2ccccc2-c2ccccc2)nnc1SCc1nc2cc(OC)c(OC)cc2c(=O)[nH]1. The third-order valence-corrected chi connectivity index (χ3v) is 7.22. The first-order valence-corrected chi connectivity index (χ1v) is 13.6. The highest BCUT2D eigenvalue weighted by molar-refractivity contribution is 7.98. The summed E-state index contributed by atoms with van der Waals surface area (Å²) in [5.41, 5.74) is 2.34. The van der Waals surface area contributed by atoms with Crippen LogP contribution in [0.2, 0.25) is 0 Å². The van der Waals surface area contributed by atoms with E-state index >= 15 is 0 Å². The topological polar surface area (TPSA) is 113 Å². The van der Waals surface area contributed by atoms with Crippen LogP contribution in [-0.2, 0) is 23.6 Å². The quantitative estimate of drug-likeness (QED) is 0.217. The second-order valence-corrected chi connectivity index (χ2v) is 9.66. The number of benzene rings is 3. The van der Waals surface area contributed by atoms with Crippen LogP contribution in [0.5, 0.6) is 17.2 Å². The van der Waals surface area contributed by atoms with E-state index in [4.69, 9.17) is 18.9 Å². The lowest BCUT2D eigenvalue weighted by atomic mass is 10.1. The third kappa shape index (κ3) is 5.95. The van der Waals surface area contributed by atoms with Gasteiger partial charge in [0.1, 0.15) is 18.2 Å². The van der Waals surface area contributed by atoms with Gasteiger partial charge in [-0.05, 0) is 17.7 Å². The number of aromatic nitrogens is 5. The Morgan fingerprint density at radius 1 is 0.900 bits per heavy atom. The Morgan fingerprint density at radius 2 is 1.65 bits per heavy atom. The van der Waals surface area contributed by atoms with Crippen molar-refractivity contribution in [2.24, 2.45) is 0 Å². The van der Waals surface area contributed by atoms with E-state index in [1.807, 2.05) is 47.0 Å². The van der Waals surface area contributed by atoms with Gasteiger partial charge in [0.25, 0.3) is 5.56 Å². The monoisotopic (exact) mass is 559 g/mol. The number of hydrogen-bond donors (Lipinski definition) is 1. The summed E-state index contributed by atoms with van der Waals surface area (Å²) >= 11 is 1.42. The van der Waals surface area contributed by atoms with Crippen LogP contribution in [0.1, 0.15) is 11.6 Å². The summed E-state index contributed by atoms with van der Waals surface area (Å²) in [7, 11) is 4.72. The molecule has 0 saturated carbocycles. The molecule has 0 bridgehead atoms. The Bertz CT molecular complexity index is 1650. The molecule has 2 heterocycles.